The number of para-hydroxylation sites is 3. The first-order valence-corrected chi connectivity index (χ1v) is 17.9. The average Bonchev–Trinajstić information content (AvgIpc) is 3.69. The van der Waals surface area contributed by atoms with Crippen LogP contribution in [0.4, 0.5) is 21.0 Å². The highest BCUT2D eigenvalue weighted by Gasteiger charge is 2.33. The van der Waals surface area contributed by atoms with Crippen molar-refractivity contribution >= 4 is 66.3 Å². The average molecular weight is 750 g/mol. The van der Waals surface area contributed by atoms with Gasteiger partial charge in [0.15, 0.2) is 0 Å². The molecule has 1 saturated carbocycles. The number of halogens is 2. The van der Waals surface area contributed by atoms with Crippen LogP contribution in [0.1, 0.15) is 67.6 Å². The highest BCUT2D eigenvalue weighted by molar-refractivity contribution is 9.11. The highest BCUT2D eigenvalue weighted by atomic mass is 79.9. The molecule has 11 heteroatoms. The molecular formula is C35H39Br2N7O2. The number of nitrogens with one attached hydrogen (secondary N) is 2. The molecule has 2 fully saturated rings. The minimum atomic E-state index is -0.351. The van der Waals surface area contributed by atoms with E-state index in [4.69, 9.17) is 10.7 Å². The molecule has 1 saturated heterocycles. The first kappa shape index (κ1) is 31.1. The first-order chi connectivity index (χ1) is 22.4. The number of anilines is 2. The van der Waals surface area contributed by atoms with Gasteiger partial charge in [-0.1, -0.05) is 43.2 Å². The Kier molecular flexibility index (Phi) is 8.96. The van der Waals surface area contributed by atoms with Crippen molar-refractivity contribution in [1.29, 1.82) is 0 Å². The van der Waals surface area contributed by atoms with Crippen LogP contribution in [0.25, 0.3) is 11.0 Å². The van der Waals surface area contributed by atoms with E-state index in [1.54, 1.807) is 0 Å². The van der Waals surface area contributed by atoms with Crippen molar-refractivity contribution in [2.75, 3.05) is 30.7 Å². The number of hydrogen-bond donors (Lipinski definition) is 3. The number of piperidine rings is 1. The predicted molar refractivity (Wildman–Crippen MR) is 189 cm³/mol. The lowest BCUT2D eigenvalue weighted by molar-refractivity contribution is 0.133. The maximum absolute atomic E-state index is 14.0. The molecule has 0 bridgehead atoms. The molecule has 4 amide bonds. The normalized spacial score (nSPS) is 18.3. The Balaban J connectivity index is 1.11. The van der Waals surface area contributed by atoms with E-state index in [0.717, 1.165) is 74.7 Å². The number of likely N-dealkylation sites (tertiary alicyclic amines) is 1. The zero-order chi connectivity index (χ0) is 31.8. The standard InChI is InChI=1S/C35H39Br2N7O2/c36-26-19-22(20-27(37)32(26)38)21-30(33-39-29-11-5-6-12-31(29)44(33)25-8-2-3-9-25)41-34(45)42-16-14-24(15-17-42)43-18-13-23-7-1-4-10-28(23)40-35(43)46/h1,4-7,10-12,19-20,24-25,30H,2-3,8-9,13-18,21,38H2,(H,40,46)(H,41,45)/t30-/m1/s1. The second-order valence-electron chi connectivity index (χ2n) is 12.7. The van der Waals surface area contributed by atoms with Crippen LogP contribution in [-0.4, -0.2) is 57.1 Å². The van der Waals surface area contributed by atoms with Gasteiger partial charge in [-0.3, -0.25) is 0 Å². The first-order valence-electron chi connectivity index (χ1n) is 16.3. The lowest BCUT2D eigenvalue weighted by Crippen LogP contribution is -2.52. The van der Waals surface area contributed by atoms with Crippen LogP contribution < -0.4 is 16.4 Å². The quantitative estimate of drug-likeness (QED) is 0.175. The molecule has 46 heavy (non-hydrogen) atoms. The van der Waals surface area contributed by atoms with Crippen molar-refractivity contribution in [1.82, 2.24) is 24.7 Å². The summed E-state index contributed by atoms with van der Waals surface area (Å²) in [6, 6.07) is 20.3. The van der Waals surface area contributed by atoms with E-state index < -0.39 is 0 Å². The third kappa shape index (κ3) is 6.23. The van der Waals surface area contributed by atoms with Gasteiger partial charge in [-0.25, -0.2) is 14.6 Å². The van der Waals surface area contributed by atoms with Crippen molar-refractivity contribution < 1.29 is 9.59 Å². The van der Waals surface area contributed by atoms with Gasteiger partial charge in [0.1, 0.15) is 5.82 Å². The number of carbonyl (C=O) groups is 2. The van der Waals surface area contributed by atoms with E-state index in [0.29, 0.717) is 37.8 Å². The van der Waals surface area contributed by atoms with E-state index >= 15 is 0 Å². The number of benzene rings is 3. The van der Waals surface area contributed by atoms with Crippen LogP contribution in [0.3, 0.4) is 0 Å². The Hall–Kier alpha value is -3.57. The molecule has 0 spiro atoms. The number of nitrogen functional groups attached to an aromatic ring is 1. The predicted octanol–water partition coefficient (Wildman–Crippen LogP) is 7.81. The fourth-order valence-corrected chi connectivity index (χ4v) is 8.69. The highest BCUT2D eigenvalue weighted by Crippen LogP contribution is 2.37. The Bertz CT molecular complexity index is 1740. The largest absolute Gasteiger partial charge is 0.397 e. The van der Waals surface area contributed by atoms with Crippen LogP contribution in [0.2, 0.25) is 0 Å². The maximum Gasteiger partial charge on any atom is 0.322 e. The molecule has 7 rings (SSSR count). The molecule has 3 aromatic carbocycles. The van der Waals surface area contributed by atoms with Crippen molar-refractivity contribution in [3.8, 4) is 0 Å². The summed E-state index contributed by atoms with van der Waals surface area (Å²) in [5.74, 6) is 0.890. The Labute approximate surface area is 286 Å². The summed E-state index contributed by atoms with van der Waals surface area (Å²) in [4.78, 5) is 36.2. The number of aromatic nitrogens is 2. The smallest absolute Gasteiger partial charge is 0.322 e. The number of hydrogen-bond acceptors (Lipinski definition) is 4. The second kappa shape index (κ2) is 13.3. The molecule has 1 aliphatic carbocycles. The van der Waals surface area contributed by atoms with Crippen molar-refractivity contribution in [2.24, 2.45) is 0 Å². The van der Waals surface area contributed by atoms with Crippen molar-refractivity contribution in [2.45, 2.75) is 69.5 Å². The van der Waals surface area contributed by atoms with Crippen molar-refractivity contribution in [3.63, 3.8) is 0 Å². The van der Waals surface area contributed by atoms with Crippen LogP contribution in [-0.2, 0) is 12.8 Å². The molecule has 1 atom stereocenters. The van der Waals surface area contributed by atoms with E-state index in [-0.39, 0.29) is 24.1 Å². The van der Waals surface area contributed by atoms with Gasteiger partial charge in [0, 0.05) is 52.8 Å². The van der Waals surface area contributed by atoms with Gasteiger partial charge in [-0.05, 0) is 105 Å². The molecule has 0 unspecified atom stereocenters. The summed E-state index contributed by atoms with van der Waals surface area (Å²) in [5, 5.41) is 6.50. The van der Waals surface area contributed by atoms with Crippen LogP contribution >= 0.6 is 31.9 Å². The number of nitrogens with zero attached hydrogens (tertiary/aromatic N) is 4. The minimum absolute atomic E-state index is 0.0560. The fourth-order valence-electron chi connectivity index (χ4n) is 7.41. The van der Waals surface area contributed by atoms with Gasteiger partial charge < -0.3 is 30.7 Å². The van der Waals surface area contributed by atoms with E-state index in [1.807, 2.05) is 46.2 Å². The van der Waals surface area contributed by atoms with Gasteiger partial charge in [0.25, 0.3) is 0 Å². The van der Waals surface area contributed by atoms with Crippen LogP contribution in [0.5, 0.6) is 0 Å². The molecule has 9 nitrogen and oxygen atoms in total. The SMILES string of the molecule is Nc1c(Br)cc(C[C@@H](NC(=O)N2CCC(N3CCc4ccccc4NC3=O)CC2)c2nc3ccccc3n2C2CCCC2)cc1Br. The summed E-state index contributed by atoms with van der Waals surface area (Å²) in [6.07, 6.45) is 7.45. The topological polar surface area (TPSA) is 109 Å². The van der Waals surface area contributed by atoms with E-state index in [9.17, 15) is 9.59 Å². The molecule has 3 heterocycles. The van der Waals surface area contributed by atoms with Gasteiger partial charge in [0.2, 0.25) is 0 Å². The van der Waals surface area contributed by atoms with Gasteiger partial charge >= 0.3 is 12.1 Å². The minimum Gasteiger partial charge on any atom is -0.397 e. The number of urea groups is 2. The second-order valence-corrected chi connectivity index (χ2v) is 14.4. The molecule has 3 aliphatic rings. The third-order valence-corrected chi connectivity index (χ3v) is 11.1. The zero-order valence-electron chi connectivity index (χ0n) is 25.7. The van der Waals surface area contributed by atoms with E-state index in [2.05, 4.69) is 71.3 Å². The lowest BCUT2D eigenvalue weighted by atomic mass is 10.0. The zero-order valence-corrected chi connectivity index (χ0v) is 28.9. The fraction of sp³-hybridized carbons (Fsp3) is 0.400. The summed E-state index contributed by atoms with van der Waals surface area (Å²) in [5.41, 5.74) is 12.0. The number of carbonyl (C=O) groups excluding carboxylic acids is 2. The van der Waals surface area contributed by atoms with Crippen LogP contribution in [0, 0.1) is 0 Å². The van der Waals surface area contributed by atoms with Crippen LogP contribution in [0.15, 0.2) is 69.6 Å². The number of amides is 4. The summed E-state index contributed by atoms with van der Waals surface area (Å²) < 4.78 is 4.01. The molecule has 240 valence electrons. The van der Waals surface area contributed by atoms with Gasteiger partial charge in [-0.15, -0.1) is 0 Å². The number of imidazole rings is 1. The Morgan fingerprint density at radius 1 is 0.957 bits per heavy atom. The molecule has 4 N–H and O–H groups in total. The maximum atomic E-state index is 14.0. The molecular weight excluding hydrogens is 710 g/mol. The number of rotatable bonds is 6. The monoisotopic (exact) mass is 747 g/mol. The molecule has 1 aromatic heterocycles. The summed E-state index contributed by atoms with van der Waals surface area (Å²) >= 11 is 7.21. The summed E-state index contributed by atoms with van der Waals surface area (Å²) in [7, 11) is 0. The third-order valence-electron chi connectivity index (χ3n) is 9.84. The Morgan fingerprint density at radius 3 is 2.41 bits per heavy atom. The van der Waals surface area contributed by atoms with Crippen molar-refractivity contribution in [3.05, 3.63) is 86.6 Å². The lowest BCUT2D eigenvalue weighted by Gasteiger charge is -2.38. The van der Waals surface area contributed by atoms with Gasteiger partial charge in [0.05, 0.1) is 22.8 Å². The Morgan fingerprint density at radius 2 is 1.65 bits per heavy atom. The summed E-state index contributed by atoms with van der Waals surface area (Å²) in [6.45, 7) is 1.84. The number of nitrogens with two attached hydrogens (primary N) is 1. The van der Waals surface area contributed by atoms with Gasteiger partial charge in [-0.2, -0.15) is 0 Å². The molecule has 0 radical (unpaired) electrons. The van der Waals surface area contributed by atoms with E-state index in [1.165, 1.54) is 12.8 Å². The molecule has 4 aromatic rings. The number of fused-ring (bicyclic) bond motifs is 2. The molecule has 2 aliphatic heterocycles.